The van der Waals surface area contributed by atoms with Gasteiger partial charge in [0.2, 0.25) is 17.2 Å². The number of carbonyl (C=O) groups excluding carboxylic acids is 2. The lowest BCUT2D eigenvalue weighted by Gasteiger charge is -2.16. The van der Waals surface area contributed by atoms with E-state index in [1.54, 1.807) is 23.1 Å². The van der Waals surface area contributed by atoms with E-state index in [-0.39, 0.29) is 23.8 Å². The fourth-order valence-electron chi connectivity index (χ4n) is 3.39. The van der Waals surface area contributed by atoms with Crippen molar-refractivity contribution in [2.45, 2.75) is 25.9 Å². The normalized spacial score (nSPS) is 13.9. The molecule has 1 aromatic heterocycles. The van der Waals surface area contributed by atoms with Gasteiger partial charge in [0.05, 0.1) is 11.7 Å². The fourth-order valence-corrected chi connectivity index (χ4v) is 3.39. The SMILES string of the molecule is O=C(Cn1ncc(=O)c2ccccc21)NCc1ccc(N2CCCC2=O)cc1. The fraction of sp³-hybridized carbons (Fsp3) is 0.238. The van der Waals surface area contributed by atoms with Crippen LogP contribution in [0.2, 0.25) is 0 Å². The van der Waals surface area contributed by atoms with Crippen LogP contribution in [0.4, 0.5) is 5.69 Å². The van der Waals surface area contributed by atoms with Gasteiger partial charge in [-0.2, -0.15) is 5.10 Å². The number of hydrogen-bond donors (Lipinski definition) is 1. The van der Waals surface area contributed by atoms with Crippen LogP contribution in [0.25, 0.3) is 10.9 Å². The first-order chi connectivity index (χ1) is 13.6. The van der Waals surface area contributed by atoms with E-state index in [2.05, 4.69) is 10.4 Å². The van der Waals surface area contributed by atoms with Gasteiger partial charge in [0, 0.05) is 30.6 Å². The molecular weight excluding hydrogens is 356 g/mol. The molecule has 1 fully saturated rings. The molecule has 0 saturated carbocycles. The van der Waals surface area contributed by atoms with Crippen LogP contribution < -0.4 is 15.6 Å². The second-order valence-corrected chi connectivity index (χ2v) is 6.78. The van der Waals surface area contributed by atoms with Crippen LogP contribution in [0.1, 0.15) is 18.4 Å². The maximum Gasteiger partial charge on any atom is 0.242 e. The van der Waals surface area contributed by atoms with Gasteiger partial charge in [-0.25, -0.2) is 0 Å². The van der Waals surface area contributed by atoms with Crippen molar-refractivity contribution in [2.75, 3.05) is 11.4 Å². The minimum atomic E-state index is -0.194. The molecule has 0 unspecified atom stereocenters. The monoisotopic (exact) mass is 376 g/mol. The largest absolute Gasteiger partial charge is 0.350 e. The summed E-state index contributed by atoms with van der Waals surface area (Å²) in [6.07, 6.45) is 2.73. The summed E-state index contributed by atoms with van der Waals surface area (Å²) in [5.41, 5.74) is 2.30. The molecule has 0 radical (unpaired) electrons. The number of hydrogen-bond acceptors (Lipinski definition) is 4. The average molecular weight is 376 g/mol. The highest BCUT2D eigenvalue weighted by Crippen LogP contribution is 2.21. The van der Waals surface area contributed by atoms with Crippen LogP contribution in [-0.2, 0) is 22.7 Å². The van der Waals surface area contributed by atoms with E-state index in [1.165, 1.54) is 10.9 Å². The van der Waals surface area contributed by atoms with Crippen LogP contribution in [-0.4, -0.2) is 28.1 Å². The van der Waals surface area contributed by atoms with Gasteiger partial charge in [0.25, 0.3) is 0 Å². The Morgan fingerprint density at radius 3 is 2.61 bits per heavy atom. The van der Waals surface area contributed by atoms with Gasteiger partial charge in [-0.3, -0.25) is 19.1 Å². The van der Waals surface area contributed by atoms with Gasteiger partial charge >= 0.3 is 0 Å². The molecule has 7 nitrogen and oxygen atoms in total. The molecule has 3 aromatic rings. The zero-order chi connectivity index (χ0) is 19.5. The molecule has 28 heavy (non-hydrogen) atoms. The van der Waals surface area contributed by atoms with Crippen molar-refractivity contribution in [3.05, 3.63) is 70.5 Å². The van der Waals surface area contributed by atoms with Gasteiger partial charge in [-0.05, 0) is 36.2 Å². The molecular formula is C21H20N4O3. The van der Waals surface area contributed by atoms with Gasteiger partial charge < -0.3 is 10.2 Å². The first-order valence-electron chi connectivity index (χ1n) is 9.23. The zero-order valence-corrected chi connectivity index (χ0v) is 15.3. The summed E-state index contributed by atoms with van der Waals surface area (Å²) in [5.74, 6) is -0.0398. The molecule has 0 bridgehead atoms. The number of rotatable bonds is 5. The van der Waals surface area contributed by atoms with Crippen molar-refractivity contribution in [3.63, 3.8) is 0 Å². The number of para-hydroxylation sites is 1. The molecule has 0 atom stereocenters. The maximum atomic E-state index is 12.3. The molecule has 1 aliphatic rings. The third kappa shape index (κ3) is 3.64. The van der Waals surface area contributed by atoms with Crippen molar-refractivity contribution in [3.8, 4) is 0 Å². The Bertz CT molecular complexity index is 1090. The number of nitrogens with zero attached hydrogens (tertiary/aromatic N) is 3. The highest BCUT2D eigenvalue weighted by Gasteiger charge is 2.21. The quantitative estimate of drug-likeness (QED) is 0.736. The molecule has 142 valence electrons. The maximum absolute atomic E-state index is 12.3. The lowest BCUT2D eigenvalue weighted by atomic mass is 10.2. The number of carbonyl (C=O) groups is 2. The summed E-state index contributed by atoms with van der Waals surface area (Å²) in [5, 5.41) is 7.48. The third-order valence-electron chi connectivity index (χ3n) is 4.87. The van der Waals surface area contributed by atoms with Crippen molar-refractivity contribution in [1.82, 2.24) is 15.1 Å². The van der Waals surface area contributed by atoms with E-state index in [0.29, 0.717) is 23.9 Å². The second kappa shape index (κ2) is 7.64. The molecule has 1 N–H and O–H groups in total. The molecule has 0 spiro atoms. The lowest BCUT2D eigenvalue weighted by molar-refractivity contribution is -0.122. The first-order valence-corrected chi connectivity index (χ1v) is 9.23. The van der Waals surface area contributed by atoms with Gasteiger partial charge in [0.15, 0.2) is 0 Å². The van der Waals surface area contributed by atoms with Crippen molar-refractivity contribution in [1.29, 1.82) is 0 Å². The Morgan fingerprint density at radius 2 is 1.86 bits per heavy atom. The first kappa shape index (κ1) is 17.9. The summed E-state index contributed by atoms with van der Waals surface area (Å²) in [4.78, 5) is 37.8. The summed E-state index contributed by atoms with van der Waals surface area (Å²) >= 11 is 0. The van der Waals surface area contributed by atoms with E-state index < -0.39 is 0 Å². The third-order valence-corrected chi connectivity index (χ3v) is 4.87. The predicted molar refractivity (Wildman–Crippen MR) is 106 cm³/mol. The zero-order valence-electron chi connectivity index (χ0n) is 15.3. The minimum absolute atomic E-state index is 0.0289. The van der Waals surface area contributed by atoms with Crippen molar-refractivity contribution in [2.24, 2.45) is 0 Å². The molecule has 7 heteroatoms. The molecule has 2 aromatic carbocycles. The Morgan fingerprint density at radius 1 is 1.07 bits per heavy atom. The molecule has 2 amide bonds. The summed E-state index contributed by atoms with van der Waals surface area (Å²) in [7, 11) is 0. The van der Waals surface area contributed by atoms with E-state index in [1.807, 2.05) is 30.3 Å². The van der Waals surface area contributed by atoms with Gasteiger partial charge in [-0.15, -0.1) is 0 Å². The standard InChI is InChI=1S/C21H20N4O3/c26-19-13-23-25(18-5-2-1-4-17(18)19)14-20(27)22-12-15-7-9-16(10-8-15)24-11-3-6-21(24)28/h1-2,4-5,7-10,13H,3,6,11-12,14H2,(H,22,27). The Kier molecular flexibility index (Phi) is 4.89. The molecule has 0 aliphatic carbocycles. The molecule has 4 rings (SSSR count). The highest BCUT2D eigenvalue weighted by molar-refractivity contribution is 5.95. The molecule has 1 saturated heterocycles. The topological polar surface area (TPSA) is 84.3 Å². The number of aromatic nitrogens is 2. The average Bonchev–Trinajstić information content (AvgIpc) is 3.15. The minimum Gasteiger partial charge on any atom is -0.350 e. The van der Waals surface area contributed by atoms with Crippen LogP contribution >= 0.6 is 0 Å². The number of amides is 2. The van der Waals surface area contributed by atoms with Crippen LogP contribution in [0.15, 0.2) is 59.5 Å². The van der Waals surface area contributed by atoms with E-state index in [9.17, 15) is 14.4 Å². The number of fused-ring (bicyclic) bond motifs is 1. The number of benzene rings is 2. The van der Waals surface area contributed by atoms with Gasteiger partial charge in [0.1, 0.15) is 6.54 Å². The van der Waals surface area contributed by atoms with E-state index >= 15 is 0 Å². The number of nitrogens with one attached hydrogen (secondary N) is 1. The summed E-state index contributed by atoms with van der Waals surface area (Å²) < 4.78 is 1.52. The van der Waals surface area contributed by atoms with E-state index in [4.69, 9.17) is 0 Å². The van der Waals surface area contributed by atoms with Gasteiger partial charge in [-0.1, -0.05) is 24.3 Å². The Hall–Kier alpha value is -3.48. The van der Waals surface area contributed by atoms with Crippen molar-refractivity contribution < 1.29 is 9.59 Å². The summed E-state index contributed by atoms with van der Waals surface area (Å²) in [6, 6.07) is 14.7. The lowest BCUT2D eigenvalue weighted by Crippen LogP contribution is -2.29. The van der Waals surface area contributed by atoms with Crippen molar-refractivity contribution >= 4 is 28.4 Å². The highest BCUT2D eigenvalue weighted by atomic mass is 16.2. The van der Waals surface area contributed by atoms with E-state index in [0.717, 1.165) is 24.2 Å². The molecule has 2 heterocycles. The molecule has 1 aliphatic heterocycles. The second-order valence-electron chi connectivity index (χ2n) is 6.78. The smallest absolute Gasteiger partial charge is 0.242 e. The van der Waals surface area contributed by atoms with Crippen LogP contribution in [0.5, 0.6) is 0 Å². The summed E-state index contributed by atoms with van der Waals surface area (Å²) in [6.45, 7) is 1.17. The Balaban J connectivity index is 1.39. The predicted octanol–water partition coefficient (Wildman–Crippen LogP) is 1.84. The van der Waals surface area contributed by atoms with Crippen LogP contribution in [0, 0.1) is 0 Å². The Labute approximate surface area is 161 Å². The van der Waals surface area contributed by atoms with Crippen LogP contribution in [0.3, 0.4) is 0 Å². The number of anilines is 1.